The number of hydrogen-bond donors (Lipinski definition) is 1. The summed E-state index contributed by atoms with van der Waals surface area (Å²) < 4.78 is 1.94. The van der Waals surface area contributed by atoms with Crippen molar-refractivity contribution in [3.8, 4) is 5.69 Å². The molecule has 15 heavy (non-hydrogen) atoms. The predicted octanol–water partition coefficient (Wildman–Crippen LogP) is 1.95. The largest absolute Gasteiger partial charge is 0.325 e. The minimum Gasteiger partial charge on any atom is -0.325 e. The van der Waals surface area contributed by atoms with Crippen molar-refractivity contribution in [3.05, 3.63) is 47.3 Å². The average Bonchev–Trinajstić information content (AvgIpc) is 2.60. The Balaban J connectivity index is 2.54. The highest BCUT2D eigenvalue weighted by molar-refractivity contribution is 5.40. The monoisotopic (exact) mass is 201 g/mol. The van der Waals surface area contributed by atoms with Crippen LogP contribution in [0.15, 0.2) is 30.3 Å². The normalized spacial score (nSPS) is 10.6. The van der Waals surface area contributed by atoms with Gasteiger partial charge in [-0.25, -0.2) is 4.68 Å². The highest BCUT2D eigenvalue weighted by atomic mass is 15.3. The molecule has 3 heteroatoms. The molecular weight excluding hydrogens is 186 g/mol. The molecule has 1 aromatic carbocycles. The highest BCUT2D eigenvalue weighted by Gasteiger charge is 2.06. The second-order valence-corrected chi connectivity index (χ2v) is 3.68. The van der Waals surface area contributed by atoms with Gasteiger partial charge in [-0.2, -0.15) is 5.10 Å². The van der Waals surface area contributed by atoms with Gasteiger partial charge in [-0.1, -0.05) is 18.2 Å². The van der Waals surface area contributed by atoms with Crippen LogP contribution < -0.4 is 5.73 Å². The third kappa shape index (κ3) is 1.78. The Bertz CT molecular complexity index is 471. The summed E-state index contributed by atoms with van der Waals surface area (Å²) in [6.45, 7) is 4.61. The second kappa shape index (κ2) is 3.87. The molecule has 0 aliphatic rings. The standard InChI is InChI=1S/C12H15N3/c1-9-5-3-4-6-12(9)15-10(2)7-11(8-13)14-15/h3-7H,8,13H2,1-2H3. The van der Waals surface area contributed by atoms with Crippen molar-refractivity contribution < 1.29 is 0 Å². The number of para-hydroxylation sites is 1. The lowest BCUT2D eigenvalue weighted by Crippen LogP contribution is -2.03. The zero-order valence-corrected chi connectivity index (χ0v) is 9.07. The Morgan fingerprint density at radius 2 is 2.00 bits per heavy atom. The first kappa shape index (κ1) is 9.93. The summed E-state index contributed by atoms with van der Waals surface area (Å²) in [5.41, 5.74) is 9.95. The molecular formula is C12H15N3. The van der Waals surface area contributed by atoms with Gasteiger partial charge in [-0.3, -0.25) is 0 Å². The van der Waals surface area contributed by atoms with Crippen molar-refractivity contribution in [2.45, 2.75) is 20.4 Å². The van der Waals surface area contributed by atoms with Crippen LogP contribution in [0.25, 0.3) is 5.69 Å². The molecule has 0 atom stereocenters. The van der Waals surface area contributed by atoms with E-state index in [1.165, 1.54) is 5.56 Å². The van der Waals surface area contributed by atoms with Crippen LogP contribution >= 0.6 is 0 Å². The summed E-state index contributed by atoms with van der Waals surface area (Å²) in [6.07, 6.45) is 0. The number of hydrogen-bond acceptors (Lipinski definition) is 2. The van der Waals surface area contributed by atoms with Gasteiger partial charge in [0.2, 0.25) is 0 Å². The van der Waals surface area contributed by atoms with Crippen molar-refractivity contribution in [2.75, 3.05) is 0 Å². The van der Waals surface area contributed by atoms with Crippen LogP contribution in [0.1, 0.15) is 17.0 Å². The lowest BCUT2D eigenvalue weighted by atomic mass is 10.2. The summed E-state index contributed by atoms with van der Waals surface area (Å²) in [5.74, 6) is 0. The van der Waals surface area contributed by atoms with Gasteiger partial charge in [0.05, 0.1) is 11.4 Å². The van der Waals surface area contributed by atoms with Crippen LogP contribution in [0.5, 0.6) is 0 Å². The fourth-order valence-electron chi connectivity index (χ4n) is 1.68. The van der Waals surface area contributed by atoms with Gasteiger partial charge in [0.1, 0.15) is 0 Å². The third-order valence-corrected chi connectivity index (χ3v) is 2.49. The molecule has 0 radical (unpaired) electrons. The molecule has 1 heterocycles. The summed E-state index contributed by atoms with van der Waals surface area (Å²) >= 11 is 0. The summed E-state index contributed by atoms with van der Waals surface area (Å²) in [7, 11) is 0. The minimum atomic E-state index is 0.486. The van der Waals surface area contributed by atoms with E-state index in [-0.39, 0.29) is 0 Å². The van der Waals surface area contributed by atoms with Crippen molar-refractivity contribution >= 4 is 0 Å². The Kier molecular flexibility index (Phi) is 2.56. The molecule has 0 saturated heterocycles. The number of rotatable bonds is 2. The van der Waals surface area contributed by atoms with E-state index in [4.69, 9.17) is 5.73 Å². The summed E-state index contributed by atoms with van der Waals surface area (Å²) in [5, 5.41) is 4.45. The second-order valence-electron chi connectivity index (χ2n) is 3.68. The fraction of sp³-hybridized carbons (Fsp3) is 0.250. The van der Waals surface area contributed by atoms with Crippen LogP contribution in [-0.2, 0) is 6.54 Å². The molecule has 0 unspecified atom stereocenters. The van der Waals surface area contributed by atoms with Gasteiger partial charge in [-0.05, 0) is 31.5 Å². The SMILES string of the molecule is Cc1ccccc1-n1nc(CN)cc1C. The first-order valence-electron chi connectivity index (χ1n) is 5.04. The van der Waals surface area contributed by atoms with Crippen molar-refractivity contribution in [3.63, 3.8) is 0 Å². The van der Waals surface area contributed by atoms with Gasteiger partial charge >= 0.3 is 0 Å². The number of benzene rings is 1. The predicted molar refractivity (Wildman–Crippen MR) is 60.9 cm³/mol. The van der Waals surface area contributed by atoms with Crippen LogP contribution in [0.2, 0.25) is 0 Å². The fourth-order valence-corrected chi connectivity index (χ4v) is 1.68. The smallest absolute Gasteiger partial charge is 0.0767 e. The van der Waals surface area contributed by atoms with E-state index in [1.807, 2.05) is 29.8 Å². The third-order valence-electron chi connectivity index (χ3n) is 2.49. The van der Waals surface area contributed by atoms with Gasteiger partial charge in [0.15, 0.2) is 0 Å². The molecule has 2 aromatic rings. The summed E-state index contributed by atoms with van der Waals surface area (Å²) in [4.78, 5) is 0. The number of nitrogens with two attached hydrogens (primary N) is 1. The molecule has 0 fully saturated rings. The van der Waals surface area contributed by atoms with E-state index in [0.29, 0.717) is 6.54 Å². The maximum atomic E-state index is 5.57. The van der Waals surface area contributed by atoms with E-state index in [0.717, 1.165) is 17.1 Å². The van der Waals surface area contributed by atoms with Crippen LogP contribution in [0.3, 0.4) is 0 Å². The quantitative estimate of drug-likeness (QED) is 0.807. The molecule has 1 aromatic heterocycles. The molecule has 78 valence electrons. The van der Waals surface area contributed by atoms with E-state index in [1.54, 1.807) is 0 Å². The number of aryl methyl sites for hydroxylation is 2. The van der Waals surface area contributed by atoms with Crippen LogP contribution in [0.4, 0.5) is 0 Å². The Labute approximate surface area is 89.5 Å². The Morgan fingerprint density at radius 3 is 2.60 bits per heavy atom. The van der Waals surface area contributed by atoms with E-state index >= 15 is 0 Å². The Morgan fingerprint density at radius 1 is 1.27 bits per heavy atom. The van der Waals surface area contributed by atoms with E-state index in [2.05, 4.69) is 24.2 Å². The lowest BCUT2D eigenvalue weighted by Gasteiger charge is -2.07. The van der Waals surface area contributed by atoms with Gasteiger partial charge in [-0.15, -0.1) is 0 Å². The topological polar surface area (TPSA) is 43.8 Å². The van der Waals surface area contributed by atoms with E-state index in [9.17, 15) is 0 Å². The molecule has 0 aliphatic heterocycles. The highest BCUT2D eigenvalue weighted by Crippen LogP contribution is 2.15. The van der Waals surface area contributed by atoms with Crippen LogP contribution in [0, 0.1) is 13.8 Å². The van der Waals surface area contributed by atoms with Crippen molar-refractivity contribution in [1.29, 1.82) is 0 Å². The molecule has 2 N–H and O–H groups in total. The first-order valence-corrected chi connectivity index (χ1v) is 5.04. The zero-order valence-electron chi connectivity index (χ0n) is 9.07. The van der Waals surface area contributed by atoms with E-state index < -0.39 is 0 Å². The number of aromatic nitrogens is 2. The molecule has 3 nitrogen and oxygen atoms in total. The molecule has 0 amide bonds. The van der Waals surface area contributed by atoms with Gasteiger partial charge in [0.25, 0.3) is 0 Å². The zero-order chi connectivity index (χ0) is 10.8. The molecule has 0 aliphatic carbocycles. The van der Waals surface area contributed by atoms with Gasteiger partial charge < -0.3 is 5.73 Å². The summed E-state index contributed by atoms with van der Waals surface area (Å²) in [6, 6.07) is 10.2. The molecule has 0 spiro atoms. The number of nitrogens with zero attached hydrogens (tertiary/aromatic N) is 2. The maximum absolute atomic E-state index is 5.57. The first-order chi connectivity index (χ1) is 7.22. The van der Waals surface area contributed by atoms with Crippen LogP contribution in [-0.4, -0.2) is 9.78 Å². The molecule has 0 bridgehead atoms. The lowest BCUT2D eigenvalue weighted by molar-refractivity contribution is 0.807. The Hall–Kier alpha value is -1.61. The molecule has 2 rings (SSSR count). The average molecular weight is 201 g/mol. The van der Waals surface area contributed by atoms with Gasteiger partial charge in [0, 0.05) is 12.2 Å². The maximum Gasteiger partial charge on any atom is 0.0767 e. The minimum absolute atomic E-state index is 0.486. The van der Waals surface area contributed by atoms with Crippen molar-refractivity contribution in [1.82, 2.24) is 9.78 Å². The van der Waals surface area contributed by atoms with Crippen molar-refractivity contribution in [2.24, 2.45) is 5.73 Å². The molecule has 0 saturated carbocycles.